The van der Waals surface area contributed by atoms with E-state index in [9.17, 15) is 22.8 Å². The lowest BCUT2D eigenvalue weighted by Gasteiger charge is -2.16. The maximum Gasteiger partial charge on any atom is 0.430 e. The number of likely N-dealkylation sites (tertiary alicyclic amines) is 1. The van der Waals surface area contributed by atoms with Gasteiger partial charge in [0, 0.05) is 30.1 Å². The largest absolute Gasteiger partial charge is 0.542 e. The molecule has 9 nitrogen and oxygen atoms in total. The maximum atomic E-state index is 12.4. The van der Waals surface area contributed by atoms with Crippen LogP contribution in [-0.4, -0.2) is 53.4 Å². The van der Waals surface area contributed by atoms with E-state index < -0.39 is 18.1 Å². The minimum atomic E-state index is -5.19. The van der Waals surface area contributed by atoms with Crippen LogP contribution < -0.4 is 21.1 Å². The highest BCUT2D eigenvalue weighted by molar-refractivity contribution is 6.04. The Kier molecular flexibility index (Phi) is 7.20. The van der Waals surface area contributed by atoms with Gasteiger partial charge in [-0.2, -0.15) is 18.3 Å². The van der Waals surface area contributed by atoms with E-state index in [1.54, 1.807) is 16.8 Å². The van der Waals surface area contributed by atoms with Gasteiger partial charge in [0.25, 0.3) is 11.8 Å². The number of nitrogens with one attached hydrogen (secondary N) is 2. The molecule has 180 valence electrons. The van der Waals surface area contributed by atoms with Crippen molar-refractivity contribution >= 4 is 34.4 Å². The fourth-order valence-electron chi connectivity index (χ4n) is 3.66. The predicted molar refractivity (Wildman–Crippen MR) is 114 cm³/mol. The van der Waals surface area contributed by atoms with Crippen LogP contribution in [0.4, 0.5) is 18.9 Å². The number of carbonyl (C=O) groups excluding carboxylic acids is 3. The van der Waals surface area contributed by atoms with Gasteiger partial charge >= 0.3 is 6.18 Å². The zero-order valence-corrected chi connectivity index (χ0v) is 18.1. The lowest BCUT2D eigenvalue weighted by molar-refractivity contribution is -0.882. The van der Waals surface area contributed by atoms with Crippen molar-refractivity contribution in [1.29, 1.82) is 0 Å². The summed E-state index contributed by atoms with van der Waals surface area (Å²) in [7, 11) is 2.06. The van der Waals surface area contributed by atoms with Gasteiger partial charge in [0.15, 0.2) is 6.04 Å². The number of primary amides is 1. The quantitative estimate of drug-likeness (QED) is 0.488. The van der Waals surface area contributed by atoms with Crippen LogP contribution in [0.2, 0.25) is 0 Å². The molecule has 1 aliphatic heterocycles. The second-order valence-corrected chi connectivity index (χ2v) is 7.79. The Morgan fingerprint density at radius 2 is 1.82 bits per heavy atom. The van der Waals surface area contributed by atoms with Gasteiger partial charge in [-0.15, -0.1) is 0 Å². The number of fused-ring (bicyclic) bond motifs is 1. The van der Waals surface area contributed by atoms with Gasteiger partial charge in [-0.05, 0) is 30.3 Å². The molecular weight excluding hydrogens is 455 g/mol. The number of alkyl halides is 3. The number of carboxylic acid groups (broad SMARTS) is 1. The number of anilines is 1. The molecule has 0 spiro atoms. The number of rotatable bonds is 4. The molecular formula is C22H22F3N5O4. The predicted octanol–water partition coefficient (Wildman–Crippen LogP) is 0.0386. The molecule has 12 heteroatoms. The second kappa shape index (κ2) is 9.91. The number of likely N-dealkylation sites (N-methyl/N-ethyl adjacent to an activating group) is 1. The number of hydrogen-bond donors (Lipinski definition) is 3. The second-order valence-electron chi connectivity index (χ2n) is 7.79. The zero-order valence-electron chi connectivity index (χ0n) is 18.1. The number of hydrogen-bond acceptors (Lipinski definition) is 5. The summed E-state index contributed by atoms with van der Waals surface area (Å²) in [5, 5.41) is 17.1. The Bertz CT molecular complexity index is 1210. The molecule has 3 aromatic rings. The van der Waals surface area contributed by atoms with Crippen molar-refractivity contribution in [2.24, 2.45) is 5.73 Å². The van der Waals surface area contributed by atoms with Gasteiger partial charge in [0.2, 0.25) is 0 Å². The molecule has 4 N–H and O–H groups in total. The lowest BCUT2D eigenvalue weighted by Crippen LogP contribution is -3.12. The highest BCUT2D eigenvalue weighted by Crippen LogP contribution is 2.20. The monoisotopic (exact) mass is 477 g/mol. The van der Waals surface area contributed by atoms with Crippen molar-refractivity contribution in [3.05, 3.63) is 54.2 Å². The molecule has 1 fully saturated rings. The lowest BCUT2D eigenvalue weighted by atomic mass is 10.1. The van der Waals surface area contributed by atoms with Crippen molar-refractivity contribution in [3.8, 4) is 5.69 Å². The Labute approximate surface area is 191 Å². The van der Waals surface area contributed by atoms with Crippen LogP contribution in [0.3, 0.4) is 0 Å². The van der Waals surface area contributed by atoms with Crippen molar-refractivity contribution in [2.45, 2.75) is 25.1 Å². The minimum absolute atomic E-state index is 0.0216. The van der Waals surface area contributed by atoms with Gasteiger partial charge < -0.3 is 25.9 Å². The Hall–Kier alpha value is -3.93. The molecule has 0 radical (unpaired) electrons. The summed E-state index contributed by atoms with van der Waals surface area (Å²) in [5.74, 6) is -3.44. The van der Waals surface area contributed by atoms with Crippen LogP contribution in [-0.2, 0) is 9.59 Å². The summed E-state index contributed by atoms with van der Waals surface area (Å²) < 4.78 is 33.3. The smallest absolute Gasteiger partial charge is 0.430 e. The van der Waals surface area contributed by atoms with Crippen LogP contribution in [0.25, 0.3) is 16.6 Å². The molecule has 2 atom stereocenters. The summed E-state index contributed by atoms with van der Waals surface area (Å²) in [4.78, 5) is 34.0. The molecule has 1 aromatic heterocycles. The first kappa shape index (κ1) is 24.7. The highest BCUT2D eigenvalue weighted by atomic mass is 19.4. The van der Waals surface area contributed by atoms with Gasteiger partial charge in [-0.25, -0.2) is 4.68 Å². The molecule has 1 unspecified atom stereocenters. The molecule has 2 heterocycles. The number of nitrogens with zero attached hydrogens (tertiary/aromatic N) is 2. The zero-order chi connectivity index (χ0) is 25.0. The summed E-state index contributed by atoms with van der Waals surface area (Å²) in [6.45, 7) is 1.04. The molecule has 2 aromatic carbocycles. The molecule has 0 aliphatic carbocycles. The first-order valence-electron chi connectivity index (χ1n) is 10.3. The Morgan fingerprint density at radius 1 is 1.18 bits per heavy atom. The third-order valence-corrected chi connectivity index (χ3v) is 5.41. The van der Waals surface area contributed by atoms with Gasteiger partial charge in [0.05, 0.1) is 24.8 Å². The average molecular weight is 477 g/mol. The molecule has 1 saturated heterocycles. The SMILES string of the molecule is C[NH+]1CCC[C@H]1C(=O)Nc1ccc(-n2cc3cccc(C(N)=O)c3n2)cc1.O=C([O-])C(F)(F)F. The number of carbonyl (C=O) groups is 3. The van der Waals surface area contributed by atoms with Gasteiger partial charge in [0.1, 0.15) is 11.5 Å². The van der Waals surface area contributed by atoms with Crippen molar-refractivity contribution in [2.75, 3.05) is 18.9 Å². The number of quaternary nitrogens is 1. The summed E-state index contributed by atoms with van der Waals surface area (Å²) in [6.07, 6.45) is -1.33. The van der Waals surface area contributed by atoms with Crippen molar-refractivity contribution in [3.63, 3.8) is 0 Å². The number of aliphatic carboxylic acids is 1. The van der Waals surface area contributed by atoms with E-state index in [0.717, 1.165) is 36.1 Å². The number of benzene rings is 2. The fourth-order valence-corrected chi connectivity index (χ4v) is 3.66. The van der Waals surface area contributed by atoms with E-state index in [1.807, 2.05) is 36.5 Å². The van der Waals surface area contributed by atoms with Crippen LogP contribution >= 0.6 is 0 Å². The van der Waals surface area contributed by atoms with E-state index in [4.69, 9.17) is 15.6 Å². The van der Waals surface area contributed by atoms with E-state index in [2.05, 4.69) is 17.5 Å². The minimum Gasteiger partial charge on any atom is -0.542 e. The van der Waals surface area contributed by atoms with Crippen LogP contribution in [0, 0.1) is 0 Å². The third kappa shape index (κ3) is 5.70. The first-order valence-corrected chi connectivity index (χ1v) is 10.3. The fraction of sp³-hybridized carbons (Fsp3) is 0.273. The summed E-state index contributed by atoms with van der Waals surface area (Å²) in [6, 6.07) is 12.9. The standard InChI is InChI=1S/C20H21N5O2.C2HF3O2/c1-24-11-3-6-17(24)20(27)22-14-7-9-15(10-8-14)25-12-13-4-2-5-16(19(21)26)18(13)23-25;3-2(4,5)1(6)7/h2,4-5,7-10,12,17H,3,6,11H2,1H3,(H2,21,26)(H,22,27);(H,6,7)/t17-;/m0./s1. The molecule has 0 bridgehead atoms. The number of aromatic nitrogens is 2. The first-order chi connectivity index (χ1) is 16.0. The van der Waals surface area contributed by atoms with Crippen LogP contribution in [0.15, 0.2) is 48.7 Å². The number of amides is 2. The molecule has 0 saturated carbocycles. The number of halogens is 3. The van der Waals surface area contributed by atoms with Crippen molar-refractivity contribution < 1.29 is 37.6 Å². The van der Waals surface area contributed by atoms with Gasteiger partial charge in [-0.3, -0.25) is 9.59 Å². The Balaban J connectivity index is 0.000000406. The highest BCUT2D eigenvalue weighted by Gasteiger charge is 2.31. The van der Waals surface area contributed by atoms with Gasteiger partial charge in [-0.1, -0.05) is 12.1 Å². The Morgan fingerprint density at radius 3 is 2.35 bits per heavy atom. The molecule has 1 aliphatic rings. The maximum absolute atomic E-state index is 12.4. The number of nitrogens with two attached hydrogens (primary N) is 1. The van der Waals surface area contributed by atoms with E-state index >= 15 is 0 Å². The third-order valence-electron chi connectivity index (χ3n) is 5.41. The van der Waals surface area contributed by atoms with E-state index in [1.165, 1.54) is 4.90 Å². The average Bonchev–Trinajstić information content (AvgIpc) is 3.39. The molecule has 4 rings (SSSR count). The topological polar surface area (TPSA) is 135 Å². The summed E-state index contributed by atoms with van der Waals surface area (Å²) >= 11 is 0. The molecule has 34 heavy (non-hydrogen) atoms. The summed E-state index contributed by atoms with van der Waals surface area (Å²) in [5.41, 5.74) is 8.00. The number of carboxylic acids is 1. The van der Waals surface area contributed by atoms with E-state index in [0.29, 0.717) is 11.1 Å². The van der Waals surface area contributed by atoms with Crippen LogP contribution in [0.5, 0.6) is 0 Å². The van der Waals surface area contributed by atoms with E-state index in [-0.39, 0.29) is 11.9 Å². The normalized spacial score (nSPS) is 17.6. The molecule has 2 amide bonds. The van der Waals surface area contributed by atoms with Crippen LogP contribution in [0.1, 0.15) is 23.2 Å². The van der Waals surface area contributed by atoms with Crippen molar-refractivity contribution in [1.82, 2.24) is 9.78 Å².